The molecule has 0 saturated carbocycles. The number of nitrogens with zero attached hydrogens (tertiary/aromatic N) is 2. The van der Waals surface area contributed by atoms with Gasteiger partial charge in [0.25, 0.3) is 0 Å². The third-order valence-electron chi connectivity index (χ3n) is 1.08. The molecule has 1 rings (SSSR count). The lowest BCUT2D eigenvalue weighted by Gasteiger charge is -1.99. The van der Waals surface area contributed by atoms with Crippen molar-refractivity contribution in [3.63, 3.8) is 0 Å². The van der Waals surface area contributed by atoms with Gasteiger partial charge in [0.05, 0.1) is 11.2 Å². The molecule has 0 atom stereocenters. The SMILES string of the molecule is NNc1ncc(Cl)c(C(=O)O)n1. The van der Waals surface area contributed by atoms with Crippen molar-refractivity contribution in [2.75, 3.05) is 5.43 Å². The van der Waals surface area contributed by atoms with Gasteiger partial charge in [-0.05, 0) is 0 Å². The summed E-state index contributed by atoms with van der Waals surface area (Å²) in [5, 5.41) is 8.52. The molecule has 0 unspecified atom stereocenters. The van der Waals surface area contributed by atoms with Crippen molar-refractivity contribution in [2.24, 2.45) is 5.84 Å². The van der Waals surface area contributed by atoms with Crippen LogP contribution in [-0.4, -0.2) is 21.0 Å². The Morgan fingerprint density at radius 1 is 1.75 bits per heavy atom. The van der Waals surface area contributed by atoms with Crippen LogP contribution in [0.15, 0.2) is 6.20 Å². The normalized spacial score (nSPS) is 9.50. The van der Waals surface area contributed by atoms with E-state index in [2.05, 4.69) is 15.4 Å². The molecule has 0 saturated heterocycles. The van der Waals surface area contributed by atoms with Crippen molar-refractivity contribution in [2.45, 2.75) is 0 Å². The first-order valence-electron chi connectivity index (χ1n) is 2.87. The van der Waals surface area contributed by atoms with Crippen molar-refractivity contribution in [1.82, 2.24) is 9.97 Å². The summed E-state index contributed by atoms with van der Waals surface area (Å²) in [7, 11) is 0. The van der Waals surface area contributed by atoms with Crippen molar-refractivity contribution >= 4 is 23.5 Å². The Hall–Kier alpha value is -1.40. The van der Waals surface area contributed by atoms with Crippen LogP contribution in [0.4, 0.5) is 5.95 Å². The number of carboxylic acids is 1. The highest BCUT2D eigenvalue weighted by atomic mass is 35.5. The van der Waals surface area contributed by atoms with E-state index in [1.807, 2.05) is 0 Å². The Kier molecular flexibility index (Phi) is 2.41. The largest absolute Gasteiger partial charge is 0.476 e. The highest BCUT2D eigenvalue weighted by Crippen LogP contribution is 2.12. The standard InChI is InChI=1S/C5H5ClN4O2/c6-2-1-8-5(10-7)9-3(2)4(11)12/h1H,7H2,(H,11,12)(H,8,9,10). The lowest BCUT2D eigenvalue weighted by molar-refractivity contribution is 0.0690. The van der Waals surface area contributed by atoms with E-state index in [0.29, 0.717) is 0 Å². The van der Waals surface area contributed by atoms with Gasteiger partial charge in [0.2, 0.25) is 5.95 Å². The maximum atomic E-state index is 10.4. The number of carbonyl (C=O) groups is 1. The van der Waals surface area contributed by atoms with Crippen LogP contribution in [0.25, 0.3) is 0 Å². The van der Waals surface area contributed by atoms with E-state index in [1.54, 1.807) is 0 Å². The van der Waals surface area contributed by atoms with Crippen molar-refractivity contribution in [1.29, 1.82) is 0 Å². The number of carboxylic acid groups (broad SMARTS) is 1. The van der Waals surface area contributed by atoms with Crippen LogP contribution >= 0.6 is 11.6 Å². The predicted octanol–water partition coefficient (Wildman–Crippen LogP) is 0.114. The summed E-state index contributed by atoms with van der Waals surface area (Å²) in [5.74, 6) is 3.75. The predicted molar refractivity (Wildman–Crippen MR) is 41.8 cm³/mol. The molecule has 1 heterocycles. The number of anilines is 1. The fourth-order valence-corrected chi connectivity index (χ4v) is 0.759. The van der Waals surface area contributed by atoms with Gasteiger partial charge in [-0.2, -0.15) is 0 Å². The van der Waals surface area contributed by atoms with Crippen LogP contribution in [0.2, 0.25) is 5.02 Å². The van der Waals surface area contributed by atoms with Crippen molar-refractivity contribution in [3.05, 3.63) is 16.9 Å². The average molecular weight is 189 g/mol. The molecular weight excluding hydrogens is 184 g/mol. The van der Waals surface area contributed by atoms with E-state index in [9.17, 15) is 4.79 Å². The Bertz CT molecular complexity index is 316. The van der Waals surface area contributed by atoms with Crippen molar-refractivity contribution < 1.29 is 9.90 Å². The van der Waals surface area contributed by atoms with Crippen LogP contribution in [0, 0.1) is 0 Å². The first-order valence-corrected chi connectivity index (χ1v) is 3.25. The number of nitrogen functional groups attached to an aromatic ring is 1. The zero-order valence-electron chi connectivity index (χ0n) is 5.78. The van der Waals surface area contributed by atoms with E-state index in [-0.39, 0.29) is 16.7 Å². The molecule has 0 aliphatic heterocycles. The summed E-state index contributed by atoms with van der Waals surface area (Å²) in [4.78, 5) is 17.6. The summed E-state index contributed by atoms with van der Waals surface area (Å²) < 4.78 is 0. The van der Waals surface area contributed by atoms with E-state index in [4.69, 9.17) is 22.6 Å². The molecule has 0 spiro atoms. The van der Waals surface area contributed by atoms with Gasteiger partial charge in [0.1, 0.15) is 0 Å². The summed E-state index contributed by atoms with van der Waals surface area (Å²) in [6, 6.07) is 0. The Balaban J connectivity index is 3.17. The highest BCUT2D eigenvalue weighted by molar-refractivity contribution is 6.33. The molecule has 12 heavy (non-hydrogen) atoms. The third kappa shape index (κ3) is 1.60. The maximum absolute atomic E-state index is 10.4. The lowest BCUT2D eigenvalue weighted by atomic mass is 10.4. The number of nitrogens with two attached hydrogens (primary N) is 1. The number of hydrogen-bond acceptors (Lipinski definition) is 5. The van der Waals surface area contributed by atoms with Gasteiger partial charge < -0.3 is 5.11 Å². The number of nitrogens with one attached hydrogen (secondary N) is 1. The molecule has 0 aromatic carbocycles. The molecule has 0 bridgehead atoms. The number of aromatic nitrogens is 2. The fraction of sp³-hybridized carbons (Fsp3) is 0. The number of hydrazine groups is 1. The first-order chi connectivity index (χ1) is 5.65. The molecule has 64 valence electrons. The monoisotopic (exact) mass is 188 g/mol. The van der Waals surface area contributed by atoms with Gasteiger partial charge >= 0.3 is 5.97 Å². The number of rotatable bonds is 2. The van der Waals surface area contributed by atoms with Crippen molar-refractivity contribution in [3.8, 4) is 0 Å². The molecule has 0 aliphatic carbocycles. The van der Waals surface area contributed by atoms with Crippen LogP contribution < -0.4 is 11.3 Å². The number of halogens is 1. The van der Waals surface area contributed by atoms with Crippen LogP contribution in [0.5, 0.6) is 0 Å². The molecule has 7 heteroatoms. The second-order valence-corrected chi connectivity index (χ2v) is 2.25. The van der Waals surface area contributed by atoms with Gasteiger partial charge in [-0.1, -0.05) is 11.6 Å². The fourth-order valence-electron chi connectivity index (χ4n) is 0.587. The van der Waals surface area contributed by atoms with Crippen LogP contribution in [-0.2, 0) is 0 Å². The number of hydrogen-bond donors (Lipinski definition) is 3. The van der Waals surface area contributed by atoms with E-state index in [0.717, 1.165) is 6.20 Å². The molecule has 6 nitrogen and oxygen atoms in total. The van der Waals surface area contributed by atoms with Crippen LogP contribution in [0.3, 0.4) is 0 Å². The molecule has 0 fully saturated rings. The lowest BCUT2D eigenvalue weighted by Crippen LogP contribution is -2.13. The topological polar surface area (TPSA) is 101 Å². The maximum Gasteiger partial charge on any atom is 0.356 e. The molecule has 1 aromatic rings. The summed E-state index contributed by atoms with van der Waals surface area (Å²) in [6.07, 6.45) is 1.16. The smallest absolute Gasteiger partial charge is 0.356 e. The summed E-state index contributed by atoms with van der Waals surface area (Å²) in [6.45, 7) is 0. The van der Waals surface area contributed by atoms with Gasteiger partial charge in [-0.3, -0.25) is 5.43 Å². The quantitative estimate of drug-likeness (QED) is 0.450. The minimum absolute atomic E-state index is 0.0109. The Morgan fingerprint density at radius 2 is 2.42 bits per heavy atom. The average Bonchev–Trinajstić information content (AvgIpc) is 2.05. The van der Waals surface area contributed by atoms with Gasteiger partial charge in [-0.25, -0.2) is 20.6 Å². The van der Waals surface area contributed by atoms with Gasteiger partial charge in [0.15, 0.2) is 5.69 Å². The second kappa shape index (κ2) is 3.33. The van der Waals surface area contributed by atoms with E-state index in [1.165, 1.54) is 0 Å². The third-order valence-corrected chi connectivity index (χ3v) is 1.35. The molecule has 0 aliphatic rings. The van der Waals surface area contributed by atoms with Gasteiger partial charge in [0, 0.05) is 0 Å². The minimum atomic E-state index is -1.22. The summed E-state index contributed by atoms with van der Waals surface area (Å²) in [5.41, 5.74) is 1.83. The molecule has 0 amide bonds. The zero-order valence-corrected chi connectivity index (χ0v) is 6.54. The highest BCUT2D eigenvalue weighted by Gasteiger charge is 2.11. The Morgan fingerprint density at radius 3 is 2.92 bits per heavy atom. The summed E-state index contributed by atoms with van der Waals surface area (Å²) >= 11 is 5.47. The minimum Gasteiger partial charge on any atom is -0.476 e. The molecule has 0 radical (unpaired) electrons. The second-order valence-electron chi connectivity index (χ2n) is 1.84. The van der Waals surface area contributed by atoms with Gasteiger partial charge in [-0.15, -0.1) is 0 Å². The van der Waals surface area contributed by atoms with E-state index >= 15 is 0 Å². The molecule has 4 N–H and O–H groups in total. The van der Waals surface area contributed by atoms with E-state index < -0.39 is 5.97 Å². The molecular formula is C5H5ClN4O2. The first kappa shape index (κ1) is 8.69. The molecule has 1 aromatic heterocycles. The number of aromatic carboxylic acids is 1. The van der Waals surface area contributed by atoms with Crippen LogP contribution in [0.1, 0.15) is 10.5 Å². The Labute approximate surface area is 72.4 Å². The zero-order chi connectivity index (χ0) is 9.14.